The first-order chi connectivity index (χ1) is 4.68. The highest BCUT2D eigenvalue weighted by Crippen LogP contribution is 1.99. The van der Waals surface area contributed by atoms with E-state index >= 15 is 0 Å². The number of alkyl halides is 2. The van der Waals surface area contributed by atoms with Crippen molar-refractivity contribution in [2.75, 3.05) is 5.88 Å². The van der Waals surface area contributed by atoms with Gasteiger partial charge >= 0.3 is 0 Å². The highest BCUT2D eigenvalue weighted by Gasteiger charge is 2.07. The lowest BCUT2D eigenvalue weighted by molar-refractivity contribution is -0.121. The van der Waals surface area contributed by atoms with Crippen molar-refractivity contribution in [2.24, 2.45) is 0 Å². The molecule has 0 saturated carbocycles. The van der Waals surface area contributed by atoms with Gasteiger partial charge in [-0.15, -0.1) is 11.6 Å². The molecule has 0 radical (unpaired) electrons. The van der Waals surface area contributed by atoms with Gasteiger partial charge in [0.2, 0.25) is 5.56 Å². The van der Waals surface area contributed by atoms with Crippen LogP contribution in [0, 0.1) is 0 Å². The van der Waals surface area contributed by atoms with Gasteiger partial charge in [0.1, 0.15) is 0 Å². The lowest BCUT2D eigenvalue weighted by Gasteiger charge is -2.02. The molecule has 1 atom stereocenters. The van der Waals surface area contributed by atoms with Crippen LogP contribution >= 0.6 is 23.2 Å². The third-order valence-corrected chi connectivity index (χ3v) is 1.29. The van der Waals surface area contributed by atoms with E-state index in [1.165, 1.54) is 13.2 Å². The predicted molar refractivity (Wildman–Crippen MR) is 41.3 cm³/mol. The topological polar surface area (TPSA) is 26.3 Å². The molecule has 0 aromatic rings. The lowest BCUT2D eigenvalue weighted by Crippen LogP contribution is -2.10. The number of hydrogen-bond donors (Lipinski definition) is 0. The van der Waals surface area contributed by atoms with E-state index < -0.39 is 5.56 Å². The monoisotopic (exact) mass is 182 g/mol. The summed E-state index contributed by atoms with van der Waals surface area (Å²) in [5.74, 6) is 0.127. The first-order valence-electron chi connectivity index (χ1n) is 2.69. The molecule has 0 aliphatic rings. The quantitative estimate of drug-likeness (QED) is 0.491. The molecule has 0 aromatic carbocycles. The van der Waals surface area contributed by atoms with Crippen molar-refractivity contribution in [1.29, 1.82) is 0 Å². The normalized spacial score (nSPS) is 13.5. The van der Waals surface area contributed by atoms with Gasteiger partial charge in [-0.05, 0) is 13.0 Å². The van der Waals surface area contributed by atoms with E-state index in [2.05, 4.69) is 0 Å². The molecule has 2 nitrogen and oxygen atoms in total. The molecule has 0 amide bonds. The van der Waals surface area contributed by atoms with Crippen molar-refractivity contribution in [3.8, 4) is 0 Å². The highest BCUT2D eigenvalue weighted by molar-refractivity contribution is 6.29. The Morgan fingerprint density at radius 2 is 2.40 bits per heavy atom. The third kappa shape index (κ3) is 4.65. The van der Waals surface area contributed by atoms with Gasteiger partial charge in [0.05, 0.1) is 6.26 Å². The van der Waals surface area contributed by atoms with Gasteiger partial charge in [-0.2, -0.15) is 0 Å². The van der Waals surface area contributed by atoms with Gasteiger partial charge in [0.15, 0.2) is 5.78 Å². The second-order valence-electron chi connectivity index (χ2n) is 1.59. The zero-order chi connectivity index (χ0) is 7.98. The maximum absolute atomic E-state index is 10.4. The molecule has 58 valence electrons. The van der Waals surface area contributed by atoms with E-state index in [9.17, 15) is 4.79 Å². The summed E-state index contributed by atoms with van der Waals surface area (Å²) in [6.07, 6.45) is 2.87. The molecule has 1 unspecified atom stereocenters. The highest BCUT2D eigenvalue weighted by atomic mass is 35.5. The summed E-state index contributed by atoms with van der Waals surface area (Å²) >= 11 is 10.7. The number of rotatable bonds is 4. The molecule has 0 aliphatic carbocycles. The van der Waals surface area contributed by atoms with Crippen LogP contribution in [-0.2, 0) is 9.53 Å². The number of Topliss-reactive ketones (excluding diaryl/α,β-unsaturated/α-hetero) is 1. The van der Waals surface area contributed by atoms with Crippen molar-refractivity contribution < 1.29 is 9.53 Å². The lowest BCUT2D eigenvalue weighted by atomic mass is 10.5. The second-order valence-corrected chi connectivity index (χ2v) is 2.29. The van der Waals surface area contributed by atoms with E-state index in [1.54, 1.807) is 6.08 Å². The van der Waals surface area contributed by atoms with Crippen LogP contribution in [0.3, 0.4) is 0 Å². The van der Waals surface area contributed by atoms with E-state index in [0.29, 0.717) is 5.88 Å². The maximum Gasteiger partial charge on any atom is 0.229 e. The molecule has 0 heterocycles. The molecule has 0 fully saturated rings. The van der Waals surface area contributed by atoms with Crippen molar-refractivity contribution in [3.05, 3.63) is 12.3 Å². The Labute approximate surface area is 69.8 Å². The van der Waals surface area contributed by atoms with Gasteiger partial charge < -0.3 is 4.74 Å². The summed E-state index contributed by atoms with van der Waals surface area (Å²) < 4.78 is 4.69. The SMILES string of the molecule is CC(=O)C(Cl)OC=CCCl. The molecule has 0 rings (SSSR count). The first-order valence-corrected chi connectivity index (χ1v) is 3.66. The minimum absolute atomic E-state index is 0.221. The van der Waals surface area contributed by atoms with Crippen LogP contribution in [0.25, 0.3) is 0 Å². The van der Waals surface area contributed by atoms with Gasteiger partial charge in [-0.3, -0.25) is 4.79 Å². The smallest absolute Gasteiger partial charge is 0.229 e. The van der Waals surface area contributed by atoms with Gasteiger partial charge in [0, 0.05) is 5.88 Å². The fraction of sp³-hybridized carbons (Fsp3) is 0.500. The van der Waals surface area contributed by atoms with Gasteiger partial charge in [0.25, 0.3) is 0 Å². The zero-order valence-corrected chi connectivity index (χ0v) is 7.02. The Bertz CT molecular complexity index is 134. The Morgan fingerprint density at radius 3 is 2.80 bits per heavy atom. The Hall–Kier alpha value is -0.210. The van der Waals surface area contributed by atoms with E-state index in [4.69, 9.17) is 27.9 Å². The molecule has 0 bridgehead atoms. The van der Waals surface area contributed by atoms with Crippen molar-refractivity contribution in [2.45, 2.75) is 12.5 Å². The van der Waals surface area contributed by atoms with Crippen LogP contribution in [0.2, 0.25) is 0 Å². The minimum atomic E-state index is -0.889. The molecule has 0 spiro atoms. The van der Waals surface area contributed by atoms with Gasteiger partial charge in [-0.1, -0.05) is 11.6 Å². The average Bonchev–Trinajstić information content (AvgIpc) is 1.88. The molecular weight excluding hydrogens is 175 g/mol. The number of ether oxygens (including phenoxy) is 1. The van der Waals surface area contributed by atoms with Crippen LogP contribution in [0.4, 0.5) is 0 Å². The number of allylic oxidation sites excluding steroid dienone is 1. The van der Waals surface area contributed by atoms with E-state index in [1.807, 2.05) is 0 Å². The Balaban J connectivity index is 3.48. The van der Waals surface area contributed by atoms with Crippen molar-refractivity contribution >= 4 is 29.0 Å². The number of carbonyl (C=O) groups excluding carboxylic acids is 1. The fourth-order valence-electron chi connectivity index (χ4n) is 0.257. The minimum Gasteiger partial charge on any atom is -0.475 e. The summed E-state index contributed by atoms with van der Waals surface area (Å²) in [6, 6.07) is 0. The molecule has 0 aromatic heterocycles. The number of carbonyl (C=O) groups is 1. The van der Waals surface area contributed by atoms with E-state index in [0.717, 1.165) is 0 Å². The number of halogens is 2. The molecule has 0 N–H and O–H groups in total. The second kappa shape index (κ2) is 5.57. The number of ketones is 1. The van der Waals surface area contributed by atoms with E-state index in [-0.39, 0.29) is 5.78 Å². The molecular formula is C6H8Cl2O2. The van der Waals surface area contributed by atoms with Crippen LogP contribution < -0.4 is 0 Å². The summed E-state index contributed by atoms with van der Waals surface area (Å²) in [5.41, 5.74) is -0.889. The summed E-state index contributed by atoms with van der Waals surface area (Å²) in [7, 11) is 0. The maximum atomic E-state index is 10.4. The Morgan fingerprint density at radius 1 is 1.80 bits per heavy atom. The van der Waals surface area contributed by atoms with Crippen LogP contribution in [-0.4, -0.2) is 17.2 Å². The molecule has 10 heavy (non-hydrogen) atoms. The fourth-order valence-corrected chi connectivity index (χ4v) is 0.389. The Kier molecular flexibility index (Phi) is 5.45. The standard InChI is InChI=1S/C6H8Cl2O2/c1-5(9)6(8)10-4-2-3-7/h2,4,6H,3H2,1H3. The van der Waals surface area contributed by atoms with Gasteiger partial charge in [-0.25, -0.2) is 0 Å². The largest absolute Gasteiger partial charge is 0.475 e. The molecule has 0 saturated heterocycles. The van der Waals surface area contributed by atoms with Crippen LogP contribution in [0.15, 0.2) is 12.3 Å². The van der Waals surface area contributed by atoms with Crippen LogP contribution in [0.1, 0.15) is 6.92 Å². The summed E-state index contributed by atoms with van der Waals surface area (Å²) in [6.45, 7) is 1.35. The summed E-state index contributed by atoms with van der Waals surface area (Å²) in [4.78, 5) is 10.4. The first kappa shape index (κ1) is 9.79. The average molecular weight is 183 g/mol. The third-order valence-electron chi connectivity index (χ3n) is 0.703. The van der Waals surface area contributed by atoms with Crippen molar-refractivity contribution in [3.63, 3.8) is 0 Å². The predicted octanol–water partition coefficient (Wildman–Crippen LogP) is 1.91. The summed E-state index contributed by atoms with van der Waals surface area (Å²) in [5, 5.41) is 0. The zero-order valence-electron chi connectivity index (χ0n) is 5.51. The van der Waals surface area contributed by atoms with Crippen molar-refractivity contribution in [1.82, 2.24) is 0 Å². The molecule has 4 heteroatoms. The number of hydrogen-bond acceptors (Lipinski definition) is 2. The van der Waals surface area contributed by atoms with Crippen LogP contribution in [0.5, 0.6) is 0 Å². The molecule has 0 aliphatic heterocycles.